The van der Waals surface area contributed by atoms with Crippen molar-refractivity contribution < 1.29 is 4.74 Å². The van der Waals surface area contributed by atoms with E-state index in [4.69, 9.17) is 16.3 Å². The van der Waals surface area contributed by atoms with E-state index >= 15 is 0 Å². The Morgan fingerprint density at radius 3 is 2.62 bits per heavy atom. The number of hydrogen-bond donors (Lipinski definition) is 0. The number of ether oxygens (including phenoxy) is 1. The van der Waals surface area contributed by atoms with Crippen molar-refractivity contribution in [2.75, 3.05) is 6.61 Å². The Balaban J connectivity index is 1.87. The zero-order chi connectivity index (χ0) is 11.2. The minimum absolute atomic E-state index is 0.500. The smallest absolute Gasteiger partial charge is 0.232 e. The lowest BCUT2D eigenvalue weighted by Crippen LogP contribution is -2.02. The number of rotatable bonds is 4. The molecule has 0 atom stereocenters. The topological polar surface area (TPSA) is 22.1 Å². The first-order valence-electron chi connectivity index (χ1n) is 5.13. The van der Waals surface area contributed by atoms with Gasteiger partial charge in [0.2, 0.25) is 5.88 Å². The van der Waals surface area contributed by atoms with Crippen molar-refractivity contribution in [3.63, 3.8) is 0 Å². The van der Waals surface area contributed by atoms with Crippen molar-refractivity contribution in [2.24, 2.45) is 0 Å². The lowest BCUT2D eigenvalue weighted by atomic mass is 10.2. The first-order valence-corrected chi connectivity index (χ1v) is 5.51. The molecular weight excluding hydrogens is 222 g/mol. The van der Waals surface area contributed by atoms with Crippen LogP contribution in [0.1, 0.15) is 5.56 Å². The van der Waals surface area contributed by atoms with E-state index in [2.05, 4.69) is 17.1 Å². The molecule has 82 valence electrons. The minimum Gasteiger partial charge on any atom is -0.476 e. The summed E-state index contributed by atoms with van der Waals surface area (Å²) in [5.74, 6) is 0.500. The highest BCUT2D eigenvalue weighted by molar-refractivity contribution is 6.31. The van der Waals surface area contributed by atoms with Crippen LogP contribution in [0.2, 0.25) is 5.02 Å². The second kappa shape index (κ2) is 5.52. The first kappa shape index (κ1) is 11.0. The number of hydrogen-bond acceptors (Lipinski definition) is 2. The first-order chi connectivity index (χ1) is 7.86. The molecule has 0 bridgehead atoms. The third-order valence-electron chi connectivity index (χ3n) is 2.20. The number of halogens is 1. The summed E-state index contributed by atoms with van der Waals surface area (Å²) in [7, 11) is 0. The van der Waals surface area contributed by atoms with Gasteiger partial charge in [0.05, 0.1) is 6.61 Å². The van der Waals surface area contributed by atoms with Crippen molar-refractivity contribution in [3.8, 4) is 5.88 Å². The molecule has 0 saturated heterocycles. The third-order valence-corrected chi connectivity index (χ3v) is 2.48. The van der Waals surface area contributed by atoms with Crippen LogP contribution in [0.4, 0.5) is 0 Å². The molecule has 16 heavy (non-hydrogen) atoms. The molecule has 0 aliphatic heterocycles. The van der Waals surface area contributed by atoms with Crippen molar-refractivity contribution in [3.05, 3.63) is 59.2 Å². The number of aromatic nitrogens is 1. The van der Waals surface area contributed by atoms with E-state index in [9.17, 15) is 0 Å². The van der Waals surface area contributed by atoms with Crippen LogP contribution < -0.4 is 4.74 Å². The van der Waals surface area contributed by atoms with Crippen LogP contribution in [0.5, 0.6) is 5.88 Å². The van der Waals surface area contributed by atoms with Gasteiger partial charge in [-0.25, -0.2) is 4.98 Å². The Labute approximate surface area is 99.9 Å². The Kier molecular flexibility index (Phi) is 3.78. The maximum Gasteiger partial charge on any atom is 0.232 e. The third kappa shape index (κ3) is 2.97. The fourth-order valence-corrected chi connectivity index (χ4v) is 1.56. The molecule has 0 fully saturated rings. The SMILES string of the molecule is Clc1cccnc1OCCc1ccccc1. The van der Waals surface area contributed by atoms with E-state index in [0.29, 0.717) is 17.5 Å². The van der Waals surface area contributed by atoms with E-state index < -0.39 is 0 Å². The number of benzene rings is 1. The Hall–Kier alpha value is -1.54. The minimum atomic E-state index is 0.500. The summed E-state index contributed by atoms with van der Waals surface area (Å²) >= 11 is 5.92. The van der Waals surface area contributed by atoms with Crippen LogP contribution >= 0.6 is 11.6 Å². The van der Waals surface area contributed by atoms with E-state index in [1.165, 1.54) is 5.56 Å². The zero-order valence-electron chi connectivity index (χ0n) is 8.77. The lowest BCUT2D eigenvalue weighted by Gasteiger charge is -2.06. The van der Waals surface area contributed by atoms with Gasteiger partial charge in [-0.3, -0.25) is 0 Å². The molecule has 0 unspecified atom stereocenters. The van der Waals surface area contributed by atoms with Gasteiger partial charge < -0.3 is 4.74 Å². The highest BCUT2D eigenvalue weighted by atomic mass is 35.5. The van der Waals surface area contributed by atoms with E-state index in [-0.39, 0.29) is 0 Å². The van der Waals surface area contributed by atoms with Crippen molar-refractivity contribution >= 4 is 11.6 Å². The highest BCUT2D eigenvalue weighted by Gasteiger charge is 2.00. The van der Waals surface area contributed by atoms with Gasteiger partial charge in [-0.05, 0) is 17.7 Å². The second-order valence-electron chi connectivity index (χ2n) is 3.37. The second-order valence-corrected chi connectivity index (χ2v) is 3.78. The summed E-state index contributed by atoms with van der Waals surface area (Å²) in [5.41, 5.74) is 1.24. The molecule has 1 aromatic carbocycles. The molecule has 0 radical (unpaired) electrons. The quantitative estimate of drug-likeness (QED) is 0.808. The average molecular weight is 234 g/mol. The van der Waals surface area contributed by atoms with Gasteiger partial charge in [0.15, 0.2) is 0 Å². The van der Waals surface area contributed by atoms with E-state index in [0.717, 1.165) is 6.42 Å². The summed E-state index contributed by atoms with van der Waals surface area (Å²) in [6.45, 7) is 0.584. The zero-order valence-corrected chi connectivity index (χ0v) is 9.52. The van der Waals surface area contributed by atoms with Gasteiger partial charge in [-0.2, -0.15) is 0 Å². The van der Waals surface area contributed by atoms with Gasteiger partial charge in [0.25, 0.3) is 0 Å². The largest absolute Gasteiger partial charge is 0.476 e. The molecule has 0 amide bonds. The predicted octanol–water partition coefficient (Wildman–Crippen LogP) is 3.36. The molecular formula is C13H12ClNO. The molecule has 0 N–H and O–H groups in total. The summed E-state index contributed by atoms with van der Waals surface area (Å²) in [4.78, 5) is 4.06. The fourth-order valence-electron chi connectivity index (χ4n) is 1.39. The molecule has 0 aliphatic rings. The maximum absolute atomic E-state index is 5.92. The van der Waals surface area contributed by atoms with Gasteiger partial charge >= 0.3 is 0 Å². The van der Waals surface area contributed by atoms with Gasteiger partial charge in [0, 0.05) is 12.6 Å². The normalized spacial score (nSPS) is 10.1. The molecule has 1 heterocycles. The average Bonchev–Trinajstić information content (AvgIpc) is 2.33. The van der Waals surface area contributed by atoms with Gasteiger partial charge in [-0.1, -0.05) is 41.9 Å². The monoisotopic (exact) mass is 233 g/mol. The van der Waals surface area contributed by atoms with Crippen molar-refractivity contribution in [2.45, 2.75) is 6.42 Å². The molecule has 2 nitrogen and oxygen atoms in total. The standard InChI is InChI=1S/C13H12ClNO/c14-12-7-4-9-15-13(12)16-10-8-11-5-2-1-3-6-11/h1-7,9H,8,10H2. The van der Waals surface area contributed by atoms with Gasteiger partial charge in [-0.15, -0.1) is 0 Å². The van der Waals surface area contributed by atoms with E-state index in [1.54, 1.807) is 18.3 Å². The van der Waals surface area contributed by atoms with Crippen LogP contribution in [0.3, 0.4) is 0 Å². The Morgan fingerprint density at radius 1 is 1.06 bits per heavy atom. The molecule has 2 aromatic rings. The van der Waals surface area contributed by atoms with Crippen LogP contribution in [0.25, 0.3) is 0 Å². The Morgan fingerprint density at radius 2 is 1.88 bits per heavy atom. The summed E-state index contributed by atoms with van der Waals surface area (Å²) < 4.78 is 5.50. The molecule has 1 aromatic heterocycles. The summed E-state index contributed by atoms with van der Waals surface area (Å²) in [6.07, 6.45) is 2.53. The van der Waals surface area contributed by atoms with E-state index in [1.807, 2.05) is 18.2 Å². The van der Waals surface area contributed by atoms with Gasteiger partial charge in [0.1, 0.15) is 5.02 Å². The van der Waals surface area contributed by atoms with Crippen LogP contribution in [-0.2, 0) is 6.42 Å². The molecule has 0 aliphatic carbocycles. The van der Waals surface area contributed by atoms with Crippen LogP contribution in [0, 0.1) is 0 Å². The van der Waals surface area contributed by atoms with Crippen molar-refractivity contribution in [1.82, 2.24) is 4.98 Å². The maximum atomic E-state index is 5.92. The predicted molar refractivity (Wildman–Crippen MR) is 64.9 cm³/mol. The Bertz CT molecular complexity index is 445. The fraction of sp³-hybridized carbons (Fsp3) is 0.154. The summed E-state index contributed by atoms with van der Waals surface area (Å²) in [5, 5.41) is 0.551. The summed E-state index contributed by atoms with van der Waals surface area (Å²) in [6, 6.07) is 13.7. The molecule has 0 saturated carbocycles. The number of pyridine rings is 1. The van der Waals surface area contributed by atoms with Crippen LogP contribution in [-0.4, -0.2) is 11.6 Å². The van der Waals surface area contributed by atoms with Crippen LogP contribution in [0.15, 0.2) is 48.7 Å². The number of nitrogens with zero attached hydrogens (tertiary/aromatic N) is 1. The van der Waals surface area contributed by atoms with Crippen molar-refractivity contribution in [1.29, 1.82) is 0 Å². The molecule has 2 rings (SSSR count). The highest BCUT2D eigenvalue weighted by Crippen LogP contribution is 2.19. The molecule has 3 heteroatoms. The molecule has 0 spiro atoms. The lowest BCUT2D eigenvalue weighted by molar-refractivity contribution is 0.310.